The van der Waals surface area contributed by atoms with E-state index >= 15 is 0 Å². The Balaban J connectivity index is 1.18. The van der Waals surface area contributed by atoms with E-state index in [4.69, 9.17) is 4.74 Å². The first-order valence-electron chi connectivity index (χ1n) is 11.1. The standard InChI is InChI=1S/C26H28FN3O2/c1-20(19-29-16-17-30(26(29)31)24-12-14-28-15-13-24)3-2-18-32-25-10-6-22(7-11-25)21-4-8-23(27)9-5-21/h4-15,20H,2-3,16-19H2,1H3. The third-order valence-electron chi connectivity index (χ3n) is 5.74. The Morgan fingerprint density at radius 1 is 0.969 bits per heavy atom. The molecule has 32 heavy (non-hydrogen) atoms. The summed E-state index contributed by atoms with van der Waals surface area (Å²) in [4.78, 5) is 20.5. The molecule has 0 spiro atoms. The zero-order valence-corrected chi connectivity index (χ0v) is 18.3. The van der Waals surface area contributed by atoms with E-state index in [-0.39, 0.29) is 11.8 Å². The highest BCUT2D eigenvalue weighted by molar-refractivity contribution is 5.94. The van der Waals surface area contributed by atoms with Gasteiger partial charge >= 0.3 is 6.03 Å². The number of hydrogen-bond donors (Lipinski definition) is 0. The maximum Gasteiger partial charge on any atom is 0.324 e. The van der Waals surface area contributed by atoms with Crippen LogP contribution in [0.25, 0.3) is 11.1 Å². The van der Waals surface area contributed by atoms with Crippen molar-refractivity contribution in [3.8, 4) is 16.9 Å². The molecule has 2 amide bonds. The fraction of sp³-hybridized carbons (Fsp3) is 0.308. The second-order valence-corrected chi connectivity index (χ2v) is 8.21. The van der Waals surface area contributed by atoms with Crippen LogP contribution < -0.4 is 9.64 Å². The van der Waals surface area contributed by atoms with Gasteiger partial charge < -0.3 is 9.64 Å². The summed E-state index contributed by atoms with van der Waals surface area (Å²) in [5.74, 6) is 0.995. The molecule has 1 saturated heterocycles. The van der Waals surface area contributed by atoms with Crippen molar-refractivity contribution >= 4 is 11.7 Å². The lowest BCUT2D eigenvalue weighted by molar-refractivity contribution is 0.209. The minimum absolute atomic E-state index is 0.0699. The van der Waals surface area contributed by atoms with Crippen molar-refractivity contribution in [2.75, 3.05) is 31.1 Å². The van der Waals surface area contributed by atoms with Crippen molar-refractivity contribution in [2.24, 2.45) is 5.92 Å². The van der Waals surface area contributed by atoms with Gasteiger partial charge in [-0.05, 0) is 66.3 Å². The molecule has 1 aliphatic heterocycles. The highest BCUT2D eigenvalue weighted by Crippen LogP contribution is 2.24. The molecule has 1 aliphatic rings. The van der Waals surface area contributed by atoms with Gasteiger partial charge in [0.05, 0.1) is 6.61 Å². The number of urea groups is 1. The summed E-state index contributed by atoms with van der Waals surface area (Å²) in [5.41, 5.74) is 2.91. The highest BCUT2D eigenvalue weighted by Gasteiger charge is 2.30. The zero-order valence-electron chi connectivity index (χ0n) is 18.3. The van der Waals surface area contributed by atoms with Gasteiger partial charge in [-0.2, -0.15) is 0 Å². The highest BCUT2D eigenvalue weighted by atomic mass is 19.1. The predicted molar refractivity (Wildman–Crippen MR) is 124 cm³/mol. The van der Waals surface area contributed by atoms with Crippen molar-refractivity contribution < 1.29 is 13.9 Å². The number of benzene rings is 2. The topological polar surface area (TPSA) is 45.7 Å². The molecule has 0 bridgehead atoms. The molecule has 2 heterocycles. The lowest BCUT2D eigenvalue weighted by Crippen LogP contribution is -2.34. The van der Waals surface area contributed by atoms with Crippen molar-refractivity contribution in [3.05, 3.63) is 78.9 Å². The van der Waals surface area contributed by atoms with Crippen LogP contribution in [0.5, 0.6) is 5.75 Å². The maximum atomic E-state index is 13.1. The minimum atomic E-state index is -0.233. The van der Waals surface area contributed by atoms with Crippen LogP contribution in [0.1, 0.15) is 19.8 Å². The average molecular weight is 434 g/mol. The van der Waals surface area contributed by atoms with E-state index in [1.165, 1.54) is 12.1 Å². The molecular weight excluding hydrogens is 405 g/mol. The summed E-state index contributed by atoms with van der Waals surface area (Å²) in [6, 6.07) is 18.1. The number of anilines is 1. The molecule has 6 heteroatoms. The van der Waals surface area contributed by atoms with Gasteiger partial charge in [0.1, 0.15) is 11.6 Å². The number of amides is 2. The molecule has 1 fully saturated rings. The molecule has 0 radical (unpaired) electrons. The number of nitrogens with zero attached hydrogens (tertiary/aromatic N) is 3. The van der Waals surface area contributed by atoms with E-state index in [1.807, 2.05) is 46.2 Å². The molecule has 1 atom stereocenters. The number of pyridine rings is 1. The molecule has 1 unspecified atom stereocenters. The summed E-state index contributed by atoms with van der Waals surface area (Å²) in [5, 5.41) is 0. The van der Waals surface area contributed by atoms with E-state index in [1.54, 1.807) is 24.5 Å². The third kappa shape index (κ3) is 5.44. The Kier molecular flexibility index (Phi) is 7.00. The van der Waals surface area contributed by atoms with Gasteiger partial charge in [0, 0.05) is 37.7 Å². The summed E-state index contributed by atoms with van der Waals surface area (Å²) in [7, 11) is 0. The molecular formula is C26H28FN3O2. The first-order chi connectivity index (χ1) is 15.6. The van der Waals surface area contributed by atoms with Crippen LogP contribution in [0.4, 0.5) is 14.9 Å². The fourth-order valence-electron chi connectivity index (χ4n) is 3.99. The van der Waals surface area contributed by atoms with Gasteiger partial charge in [-0.15, -0.1) is 0 Å². The lowest BCUT2D eigenvalue weighted by Gasteiger charge is -2.22. The average Bonchev–Trinajstić information content (AvgIpc) is 3.18. The first kappa shape index (κ1) is 21.8. The Hall–Kier alpha value is -3.41. The molecule has 4 rings (SSSR count). The van der Waals surface area contributed by atoms with Crippen molar-refractivity contribution in [1.29, 1.82) is 0 Å². The summed E-state index contributed by atoms with van der Waals surface area (Å²) in [6.45, 7) is 5.04. The Labute approximate surface area is 188 Å². The first-order valence-corrected chi connectivity index (χ1v) is 11.1. The van der Waals surface area contributed by atoms with Gasteiger partial charge in [-0.25, -0.2) is 9.18 Å². The fourth-order valence-corrected chi connectivity index (χ4v) is 3.99. The number of aromatic nitrogens is 1. The number of hydrogen-bond acceptors (Lipinski definition) is 3. The maximum absolute atomic E-state index is 13.1. The second-order valence-electron chi connectivity index (χ2n) is 8.21. The largest absolute Gasteiger partial charge is 0.494 e. The predicted octanol–water partition coefficient (Wildman–Crippen LogP) is 5.63. The number of rotatable bonds is 9. The molecule has 166 valence electrons. The molecule has 0 saturated carbocycles. The van der Waals surface area contributed by atoms with Crippen LogP contribution in [-0.2, 0) is 0 Å². The third-order valence-corrected chi connectivity index (χ3v) is 5.74. The summed E-state index contributed by atoms with van der Waals surface area (Å²) < 4.78 is 19.0. The van der Waals surface area contributed by atoms with Crippen LogP contribution in [0.2, 0.25) is 0 Å². The van der Waals surface area contributed by atoms with Gasteiger partial charge in [-0.1, -0.05) is 31.2 Å². The normalized spacial score (nSPS) is 14.6. The monoisotopic (exact) mass is 433 g/mol. The summed E-state index contributed by atoms with van der Waals surface area (Å²) >= 11 is 0. The van der Waals surface area contributed by atoms with Crippen molar-refractivity contribution in [1.82, 2.24) is 9.88 Å². The van der Waals surface area contributed by atoms with E-state index in [0.29, 0.717) is 19.1 Å². The lowest BCUT2D eigenvalue weighted by atomic mass is 10.1. The molecule has 1 aromatic heterocycles. The van der Waals surface area contributed by atoms with E-state index in [9.17, 15) is 9.18 Å². The molecule has 2 aromatic carbocycles. The number of ether oxygens (including phenoxy) is 1. The molecule has 0 N–H and O–H groups in total. The van der Waals surface area contributed by atoms with Crippen LogP contribution in [0.15, 0.2) is 73.1 Å². The van der Waals surface area contributed by atoms with Crippen molar-refractivity contribution in [3.63, 3.8) is 0 Å². The Morgan fingerprint density at radius 2 is 1.62 bits per heavy atom. The smallest absolute Gasteiger partial charge is 0.324 e. The number of halogens is 1. The van der Waals surface area contributed by atoms with E-state index in [2.05, 4.69) is 11.9 Å². The SMILES string of the molecule is CC(CCCOc1ccc(-c2ccc(F)cc2)cc1)CN1CCN(c2ccncc2)C1=O. The summed E-state index contributed by atoms with van der Waals surface area (Å²) in [6.07, 6.45) is 5.35. The van der Waals surface area contributed by atoms with E-state index in [0.717, 1.165) is 48.5 Å². The van der Waals surface area contributed by atoms with Crippen LogP contribution in [0.3, 0.4) is 0 Å². The van der Waals surface area contributed by atoms with Gasteiger partial charge in [0.2, 0.25) is 0 Å². The zero-order chi connectivity index (χ0) is 22.3. The molecule has 5 nitrogen and oxygen atoms in total. The second kappa shape index (κ2) is 10.3. The van der Waals surface area contributed by atoms with Crippen LogP contribution >= 0.6 is 0 Å². The number of carbonyl (C=O) groups excluding carboxylic acids is 1. The quantitative estimate of drug-likeness (QED) is 0.411. The molecule has 3 aromatic rings. The van der Waals surface area contributed by atoms with Crippen LogP contribution in [0, 0.1) is 11.7 Å². The minimum Gasteiger partial charge on any atom is -0.494 e. The van der Waals surface area contributed by atoms with Crippen molar-refractivity contribution in [2.45, 2.75) is 19.8 Å². The Morgan fingerprint density at radius 3 is 2.31 bits per heavy atom. The van der Waals surface area contributed by atoms with Gasteiger partial charge in [0.25, 0.3) is 0 Å². The molecule has 0 aliphatic carbocycles. The Bertz CT molecular complexity index is 1010. The number of carbonyl (C=O) groups is 1. The van der Waals surface area contributed by atoms with Gasteiger partial charge in [-0.3, -0.25) is 9.88 Å². The van der Waals surface area contributed by atoms with Crippen LogP contribution in [-0.4, -0.2) is 42.2 Å². The van der Waals surface area contributed by atoms with E-state index < -0.39 is 0 Å². The van der Waals surface area contributed by atoms with Gasteiger partial charge in [0.15, 0.2) is 0 Å².